The Morgan fingerprint density at radius 2 is 2.00 bits per heavy atom. The second kappa shape index (κ2) is 11.3. The van der Waals surface area contributed by atoms with E-state index >= 15 is 0 Å². The van der Waals surface area contributed by atoms with Gasteiger partial charge in [-0.3, -0.25) is 4.99 Å². The minimum absolute atomic E-state index is 0. The van der Waals surface area contributed by atoms with E-state index in [0.29, 0.717) is 26.1 Å². The van der Waals surface area contributed by atoms with Crippen LogP contribution in [0.2, 0.25) is 0 Å². The van der Waals surface area contributed by atoms with E-state index in [1.165, 1.54) is 11.1 Å². The van der Waals surface area contributed by atoms with Crippen LogP contribution in [0.1, 0.15) is 32.1 Å². The van der Waals surface area contributed by atoms with E-state index in [-0.39, 0.29) is 29.4 Å². The number of aliphatic imine (C=N–C) groups is 1. The third kappa shape index (κ3) is 9.80. The first kappa shape index (κ1) is 23.6. The van der Waals surface area contributed by atoms with Gasteiger partial charge < -0.3 is 10.6 Å². The minimum Gasteiger partial charge on any atom is -0.357 e. The van der Waals surface area contributed by atoms with Crippen molar-refractivity contribution in [2.24, 2.45) is 4.99 Å². The van der Waals surface area contributed by atoms with E-state index in [0.717, 1.165) is 12.5 Å². The first-order valence-electron chi connectivity index (χ1n) is 7.75. The molecule has 6 nitrogen and oxygen atoms in total. The number of nitrogens with one attached hydrogen (secondary N) is 3. The van der Waals surface area contributed by atoms with E-state index < -0.39 is 10.0 Å². The summed E-state index contributed by atoms with van der Waals surface area (Å²) in [5.74, 6) is 0.761. The van der Waals surface area contributed by atoms with Crippen LogP contribution in [0.25, 0.3) is 0 Å². The number of sulfonamides is 1. The lowest BCUT2D eigenvalue weighted by Crippen LogP contribution is -2.39. The minimum atomic E-state index is -3.11. The van der Waals surface area contributed by atoms with E-state index in [2.05, 4.69) is 51.7 Å². The van der Waals surface area contributed by atoms with Gasteiger partial charge >= 0.3 is 0 Å². The number of rotatable bonds is 9. The Morgan fingerprint density at radius 3 is 2.54 bits per heavy atom. The van der Waals surface area contributed by atoms with Gasteiger partial charge in [0.1, 0.15) is 0 Å². The molecule has 0 atom stereocenters. The quantitative estimate of drug-likeness (QED) is 0.215. The zero-order valence-electron chi connectivity index (χ0n) is 14.8. The molecule has 0 aliphatic carbocycles. The standard InChI is InChI=1S/C15H28N4O2S2.HI/c1-5-16-14(17-9-7-10-19-23(4,20)21)18-12-15(2,3)13-8-6-11-22-13;/h6,8,11,19H,5,7,9-10,12H2,1-4H3,(H2,16,17,18);1H. The molecule has 1 rings (SSSR count). The highest BCUT2D eigenvalue weighted by Gasteiger charge is 2.21. The molecule has 0 unspecified atom stereocenters. The second-order valence-electron chi connectivity index (χ2n) is 6.00. The van der Waals surface area contributed by atoms with Crippen molar-refractivity contribution >= 4 is 51.3 Å². The molecule has 0 bridgehead atoms. The van der Waals surface area contributed by atoms with Crippen LogP contribution in [0.3, 0.4) is 0 Å². The molecule has 140 valence electrons. The van der Waals surface area contributed by atoms with Crippen molar-refractivity contribution in [1.29, 1.82) is 0 Å². The lowest BCUT2D eigenvalue weighted by atomic mass is 9.92. The molecule has 0 aliphatic heterocycles. The summed E-state index contributed by atoms with van der Waals surface area (Å²) in [5.41, 5.74) is -0.00559. The van der Waals surface area contributed by atoms with Crippen LogP contribution in [0.4, 0.5) is 0 Å². The Bertz CT molecular complexity index is 587. The molecular formula is C15H29IN4O2S2. The van der Waals surface area contributed by atoms with Crippen LogP contribution in [0.15, 0.2) is 22.5 Å². The Labute approximate surface area is 167 Å². The Kier molecular flexibility index (Phi) is 11.1. The molecule has 24 heavy (non-hydrogen) atoms. The van der Waals surface area contributed by atoms with Crippen LogP contribution >= 0.6 is 35.3 Å². The normalized spacial score (nSPS) is 12.6. The number of hydrogen-bond acceptors (Lipinski definition) is 4. The summed E-state index contributed by atoms with van der Waals surface area (Å²) >= 11 is 1.75. The molecule has 1 aromatic heterocycles. The maximum absolute atomic E-state index is 11.0. The van der Waals surface area contributed by atoms with Gasteiger partial charge in [0, 0.05) is 29.9 Å². The van der Waals surface area contributed by atoms with Gasteiger partial charge in [-0.15, -0.1) is 35.3 Å². The largest absolute Gasteiger partial charge is 0.357 e. The van der Waals surface area contributed by atoms with Gasteiger partial charge in [0.15, 0.2) is 5.96 Å². The lowest BCUT2D eigenvalue weighted by molar-refractivity contribution is 0.548. The summed E-state index contributed by atoms with van der Waals surface area (Å²) in [6, 6.07) is 4.20. The number of nitrogens with zero attached hydrogens (tertiary/aromatic N) is 1. The average molecular weight is 488 g/mol. The van der Waals surface area contributed by atoms with Crippen molar-refractivity contribution < 1.29 is 8.42 Å². The molecule has 1 aromatic rings. The zero-order chi connectivity index (χ0) is 17.3. The van der Waals surface area contributed by atoms with Gasteiger partial charge in [-0.2, -0.15) is 0 Å². The molecule has 0 aliphatic rings. The Hall–Kier alpha value is -0.390. The van der Waals surface area contributed by atoms with Crippen molar-refractivity contribution in [2.45, 2.75) is 32.6 Å². The molecule has 3 N–H and O–H groups in total. The number of halogens is 1. The SMILES string of the molecule is CCNC(=NCC(C)(C)c1cccs1)NCCCNS(C)(=O)=O.I. The first-order chi connectivity index (χ1) is 10.7. The summed E-state index contributed by atoms with van der Waals surface area (Å²) in [7, 11) is -3.11. The summed E-state index contributed by atoms with van der Waals surface area (Å²) in [4.78, 5) is 5.96. The van der Waals surface area contributed by atoms with E-state index in [1.807, 2.05) is 6.92 Å². The molecule has 0 spiro atoms. The molecular weight excluding hydrogens is 459 g/mol. The van der Waals surface area contributed by atoms with Crippen LogP contribution in [0.5, 0.6) is 0 Å². The third-order valence-corrected chi connectivity index (χ3v) is 5.14. The Balaban J connectivity index is 0.00000529. The maximum Gasteiger partial charge on any atom is 0.208 e. The number of guanidine groups is 1. The highest BCUT2D eigenvalue weighted by atomic mass is 127. The monoisotopic (exact) mass is 488 g/mol. The van der Waals surface area contributed by atoms with Crippen molar-refractivity contribution in [2.75, 3.05) is 32.4 Å². The maximum atomic E-state index is 11.0. The van der Waals surface area contributed by atoms with Gasteiger partial charge in [-0.05, 0) is 24.8 Å². The predicted octanol–water partition coefficient (Wildman–Crippen LogP) is 2.14. The van der Waals surface area contributed by atoms with Crippen molar-refractivity contribution in [3.05, 3.63) is 22.4 Å². The zero-order valence-corrected chi connectivity index (χ0v) is 18.7. The molecule has 0 aromatic carbocycles. The molecule has 0 saturated carbocycles. The third-order valence-electron chi connectivity index (χ3n) is 3.18. The fraction of sp³-hybridized carbons (Fsp3) is 0.667. The lowest BCUT2D eigenvalue weighted by Gasteiger charge is -2.21. The van der Waals surface area contributed by atoms with Gasteiger partial charge in [0.25, 0.3) is 0 Å². The van der Waals surface area contributed by atoms with Crippen molar-refractivity contribution in [1.82, 2.24) is 15.4 Å². The van der Waals surface area contributed by atoms with Crippen molar-refractivity contribution in [3.8, 4) is 0 Å². The fourth-order valence-electron chi connectivity index (χ4n) is 1.91. The molecule has 9 heteroatoms. The topological polar surface area (TPSA) is 82.6 Å². The van der Waals surface area contributed by atoms with Gasteiger partial charge in [0.2, 0.25) is 10.0 Å². The van der Waals surface area contributed by atoms with Crippen LogP contribution < -0.4 is 15.4 Å². The highest BCUT2D eigenvalue weighted by Crippen LogP contribution is 2.27. The summed E-state index contributed by atoms with van der Waals surface area (Å²) in [6.07, 6.45) is 1.87. The van der Waals surface area contributed by atoms with Crippen molar-refractivity contribution in [3.63, 3.8) is 0 Å². The average Bonchev–Trinajstić information content (AvgIpc) is 2.98. The fourth-order valence-corrected chi connectivity index (χ4v) is 3.27. The second-order valence-corrected chi connectivity index (χ2v) is 8.78. The number of hydrogen-bond donors (Lipinski definition) is 3. The van der Waals surface area contributed by atoms with Crippen LogP contribution in [-0.4, -0.2) is 46.8 Å². The molecule has 1 heterocycles. The molecule has 0 amide bonds. The molecule has 0 fully saturated rings. The first-order valence-corrected chi connectivity index (χ1v) is 10.5. The predicted molar refractivity (Wildman–Crippen MR) is 114 cm³/mol. The van der Waals surface area contributed by atoms with Gasteiger partial charge in [-0.1, -0.05) is 19.9 Å². The number of thiophene rings is 1. The molecule has 0 saturated heterocycles. The van der Waals surface area contributed by atoms with E-state index in [1.54, 1.807) is 11.3 Å². The summed E-state index contributed by atoms with van der Waals surface area (Å²) < 4.78 is 24.5. The smallest absolute Gasteiger partial charge is 0.208 e. The summed E-state index contributed by atoms with van der Waals surface area (Å²) in [5, 5.41) is 8.53. The van der Waals surface area contributed by atoms with Crippen LogP contribution in [-0.2, 0) is 15.4 Å². The van der Waals surface area contributed by atoms with E-state index in [9.17, 15) is 8.42 Å². The van der Waals surface area contributed by atoms with E-state index in [4.69, 9.17) is 0 Å². The molecule has 0 radical (unpaired) electrons. The van der Waals surface area contributed by atoms with Gasteiger partial charge in [-0.25, -0.2) is 13.1 Å². The van der Waals surface area contributed by atoms with Crippen LogP contribution in [0, 0.1) is 0 Å². The summed E-state index contributed by atoms with van der Waals surface area (Å²) in [6.45, 7) is 8.94. The highest BCUT2D eigenvalue weighted by molar-refractivity contribution is 14.0. The Morgan fingerprint density at radius 1 is 1.29 bits per heavy atom. The van der Waals surface area contributed by atoms with Gasteiger partial charge in [0.05, 0.1) is 12.8 Å².